The number of nitrogens with zero attached hydrogens (tertiary/aromatic N) is 2. The summed E-state index contributed by atoms with van der Waals surface area (Å²) in [7, 11) is 0. The fourth-order valence-electron chi connectivity index (χ4n) is 0.298. The Morgan fingerprint density at radius 1 is 1.67 bits per heavy atom. The first kappa shape index (κ1) is 7.60. The first-order valence-corrected chi connectivity index (χ1v) is 4.68. The highest BCUT2D eigenvalue weighted by Crippen LogP contribution is 2.22. The van der Waals surface area contributed by atoms with E-state index in [0.29, 0.717) is 10.5 Å². The third kappa shape index (κ3) is 2.29. The third-order valence-electron chi connectivity index (χ3n) is 0.561. The summed E-state index contributed by atoms with van der Waals surface area (Å²) in [6, 6.07) is 0. The summed E-state index contributed by atoms with van der Waals surface area (Å²) in [6.45, 7) is 0. The number of halogens is 2. The molecule has 9 heavy (non-hydrogen) atoms. The van der Waals surface area contributed by atoms with Gasteiger partial charge in [-0.2, -0.15) is 9.36 Å². The van der Waals surface area contributed by atoms with Crippen molar-refractivity contribution in [2.24, 2.45) is 0 Å². The van der Waals surface area contributed by atoms with Gasteiger partial charge in [0.2, 0.25) is 5.28 Å². The van der Waals surface area contributed by atoms with E-state index < -0.39 is 0 Å². The van der Waals surface area contributed by atoms with Gasteiger partial charge in [0.25, 0.3) is 0 Å². The van der Waals surface area contributed by atoms with Crippen LogP contribution in [0.2, 0.25) is 5.28 Å². The van der Waals surface area contributed by atoms with Crippen molar-refractivity contribution in [3.8, 4) is 0 Å². The highest BCUT2D eigenvalue weighted by molar-refractivity contribution is 8.01. The molecule has 0 aromatic carbocycles. The first-order valence-electron chi connectivity index (χ1n) is 2.01. The minimum atomic E-state index is 0.299. The zero-order valence-corrected chi connectivity index (χ0v) is 7.32. The quantitative estimate of drug-likeness (QED) is 0.543. The molecule has 0 saturated heterocycles. The average molecular weight is 201 g/mol. The predicted molar refractivity (Wildman–Crippen MR) is 41.5 cm³/mol. The van der Waals surface area contributed by atoms with Gasteiger partial charge in [-0.15, -0.1) is 11.6 Å². The van der Waals surface area contributed by atoms with E-state index in [9.17, 15) is 0 Å². The number of rotatable bonds is 2. The lowest BCUT2D eigenvalue weighted by Crippen LogP contribution is -1.66. The second-order valence-electron chi connectivity index (χ2n) is 1.08. The number of hydrogen-bond donors (Lipinski definition) is 0. The van der Waals surface area contributed by atoms with Gasteiger partial charge in [0.1, 0.15) is 0 Å². The Kier molecular flexibility index (Phi) is 3.04. The molecule has 1 rings (SSSR count). The molecule has 0 saturated carbocycles. The predicted octanol–water partition coefficient (Wildman–Crippen LogP) is 2.48. The lowest BCUT2D eigenvalue weighted by Gasteiger charge is -1.81. The van der Waals surface area contributed by atoms with Gasteiger partial charge in [0.15, 0.2) is 4.34 Å². The molecule has 0 fully saturated rings. The number of hydrogen-bond acceptors (Lipinski definition) is 4. The normalized spacial score (nSPS) is 10.0. The van der Waals surface area contributed by atoms with E-state index in [1.807, 2.05) is 0 Å². The van der Waals surface area contributed by atoms with E-state index in [2.05, 4.69) is 9.36 Å². The van der Waals surface area contributed by atoms with Crippen molar-refractivity contribution in [3.63, 3.8) is 0 Å². The van der Waals surface area contributed by atoms with Crippen molar-refractivity contribution >= 4 is 46.5 Å². The van der Waals surface area contributed by atoms with Crippen LogP contribution < -0.4 is 0 Å². The van der Waals surface area contributed by atoms with Crippen molar-refractivity contribution in [2.45, 2.75) is 4.34 Å². The molecular formula is C3H2Cl2N2S2. The molecule has 1 aromatic rings. The Balaban J connectivity index is 2.61. The summed E-state index contributed by atoms with van der Waals surface area (Å²) >= 11 is 13.5. The second kappa shape index (κ2) is 3.61. The van der Waals surface area contributed by atoms with E-state index >= 15 is 0 Å². The van der Waals surface area contributed by atoms with Crippen LogP contribution in [0.25, 0.3) is 0 Å². The van der Waals surface area contributed by atoms with E-state index in [1.54, 1.807) is 0 Å². The van der Waals surface area contributed by atoms with Crippen molar-refractivity contribution in [1.82, 2.24) is 9.36 Å². The molecule has 0 bridgehead atoms. The van der Waals surface area contributed by atoms with Crippen LogP contribution in [-0.4, -0.2) is 14.6 Å². The van der Waals surface area contributed by atoms with Gasteiger partial charge in [0.05, 0.1) is 5.21 Å². The monoisotopic (exact) mass is 200 g/mol. The molecule has 0 aliphatic carbocycles. The van der Waals surface area contributed by atoms with E-state index in [1.165, 1.54) is 23.3 Å². The highest BCUT2D eigenvalue weighted by Gasteiger charge is 1.98. The zero-order valence-electron chi connectivity index (χ0n) is 4.17. The number of alkyl halides is 1. The molecule has 0 spiro atoms. The minimum absolute atomic E-state index is 0.299. The molecule has 0 N–H and O–H groups in total. The first-order chi connectivity index (χ1) is 4.33. The van der Waals surface area contributed by atoms with Crippen LogP contribution in [0.3, 0.4) is 0 Å². The van der Waals surface area contributed by atoms with Crippen molar-refractivity contribution in [1.29, 1.82) is 0 Å². The van der Waals surface area contributed by atoms with Crippen LogP contribution in [0.4, 0.5) is 0 Å². The minimum Gasteiger partial charge on any atom is -0.198 e. The van der Waals surface area contributed by atoms with Gasteiger partial charge in [-0.05, 0) is 23.1 Å². The summed E-state index contributed by atoms with van der Waals surface area (Å²) in [4.78, 5) is 3.85. The van der Waals surface area contributed by atoms with Crippen LogP contribution in [0, 0.1) is 0 Å². The fourth-order valence-corrected chi connectivity index (χ4v) is 2.16. The molecule has 0 unspecified atom stereocenters. The van der Waals surface area contributed by atoms with Gasteiger partial charge < -0.3 is 0 Å². The van der Waals surface area contributed by atoms with Crippen LogP contribution >= 0.6 is 46.5 Å². The molecule has 6 heteroatoms. The van der Waals surface area contributed by atoms with E-state index in [0.717, 1.165) is 4.34 Å². The smallest absolute Gasteiger partial charge is 0.198 e. The van der Waals surface area contributed by atoms with Gasteiger partial charge in [-0.3, -0.25) is 0 Å². The molecule has 0 amide bonds. The maximum absolute atomic E-state index is 5.43. The van der Waals surface area contributed by atoms with Crippen LogP contribution in [-0.2, 0) is 0 Å². The second-order valence-corrected chi connectivity index (χ2v) is 3.98. The third-order valence-corrected chi connectivity index (χ3v) is 2.69. The maximum Gasteiger partial charge on any atom is 0.235 e. The highest BCUT2D eigenvalue weighted by atomic mass is 35.5. The SMILES string of the molecule is ClCSc1nc(Cl)ns1. The molecule has 0 aliphatic rings. The van der Waals surface area contributed by atoms with Crippen LogP contribution in [0.5, 0.6) is 0 Å². The molecule has 50 valence electrons. The van der Waals surface area contributed by atoms with E-state index in [4.69, 9.17) is 23.2 Å². The van der Waals surface area contributed by atoms with Crippen molar-refractivity contribution in [3.05, 3.63) is 5.28 Å². The molecule has 1 aromatic heterocycles. The molecule has 0 aliphatic heterocycles. The Labute approximate surface area is 70.7 Å². The zero-order chi connectivity index (χ0) is 6.69. The van der Waals surface area contributed by atoms with Crippen molar-refractivity contribution in [2.75, 3.05) is 5.21 Å². The summed E-state index contributed by atoms with van der Waals surface area (Å²) in [6.07, 6.45) is 0. The summed E-state index contributed by atoms with van der Waals surface area (Å²) in [5.41, 5.74) is 0. The lowest BCUT2D eigenvalue weighted by molar-refractivity contribution is 1.22. The van der Waals surface area contributed by atoms with Gasteiger partial charge >= 0.3 is 0 Å². The Morgan fingerprint density at radius 2 is 2.44 bits per heavy atom. The summed E-state index contributed by atoms with van der Waals surface area (Å²) in [5.74, 6) is 0. The average Bonchev–Trinajstić information content (AvgIpc) is 2.17. The van der Waals surface area contributed by atoms with Gasteiger partial charge in [-0.1, -0.05) is 11.8 Å². The van der Waals surface area contributed by atoms with Crippen LogP contribution in [0.15, 0.2) is 4.34 Å². The van der Waals surface area contributed by atoms with Crippen LogP contribution in [0.1, 0.15) is 0 Å². The summed E-state index contributed by atoms with van der Waals surface area (Å²) < 4.78 is 4.57. The number of thioether (sulfide) groups is 1. The van der Waals surface area contributed by atoms with Gasteiger partial charge in [-0.25, -0.2) is 0 Å². The Hall–Kier alpha value is 0.490. The molecular weight excluding hydrogens is 199 g/mol. The lowest BCUT2D eigenvalue weighted by atomic mass is 11.3. The topological polar surface area (TPSA) is 25.8 Å². The Bertz CT molecular complexity index is 190. The fraction of sp³-hybridized carbons (Fsp3) is 0.333. The largest absolute Gasteiger partial charge is 0.235 e. The molecule has 1 heterocycles. The standard InChI is InChI=1S/C3H2Cl2N2S2/c4-1-8-3-6-2(5)7-9-3/h1H2. The van der Waals surface area contributed by atoms with Gasteiger partial charge in [0, 0.05) is 0 Å². The molecule has 0 radical (unpaired) electrons. The van der Waals surface area contributed by atoms with E-state index in [-0.39, 0.29) is 0 Å². The van der Waals surface area contributed by atoms with Crippen molar-refractivity contribution < 1.29 is 0 Å². The molecule has 2 nitrogen and oxygen atoms in total. The Morgan fingerprint density at radius 3 is 2.89 bits per heavy atom. The molecule has 0 atom stereocenters. The maximum atomic E-state index is 5.43. The summed E-state index contributed by atoms with van der Waals surface area (Å²) in [5, 5.41) is 0.790. The number of aromatic nitrogens is 2.